The molecule has 2 aromatic rings. The highest BCUT2D eigenvalue weighted by atomic mass is 16.5. The summed E-state index contributed by atoms with van der Waals surface area (Å²) in [6.07, 6.45) is 0.424. The fraction of sp³-hybridized carbons (Fsp3) is 0.214. The highest BCUT2D eigenvalue weighted by Crippen LogP contribution is 2.18. The van der Waals surface area contributed by atoms with Gasteiger partial charge in [0, 0.05) is 5.69 Å². The van der Waals surface area contributed by atoms with Crippen LogP contribution in [0.2, 0.25) is 0 Å². The van der Waals surface area contributed by atoms with Gasteiger partial charge in [-0.25, -0.2) is 4.79 Å². The Morgan fingerprint density at radius 3 is 2.71 bits per heavy atom. The first-order chi connectivity index (χ1) is 8.29. The minimum atomic E-state index is -0.401. The molecule has 2 rings (SSSR count). The second-order valence-corrected chi connectivity index (χ2v) is 3.82. The first kappa shape index (κ1) is 11.5. The van der Waals surface area contributed by atoms with Gasteiger partial charge in [0.2, 0.25) is 0 Å². The SMILES string of the molecule is CCCOC(=O)Nc1ccc2ccccc2c1. The fourth-order valence-corrected chi connectivity index (χ4v) is 1.62. The molecule has 0 unspecified atom stereocenters. The second kappa shape index (κ2) is 5.34. The van der Waals surface area contributed by atoms with Crippen LogP contribution in [0.3, 0.4) is 0 Å². The smallest absolute Gasteiger partial charge is 0.411 e. The van der Waals surface area contributed by atoms with E-state index in [4.69, 9.17) is 4.74 Å². The zero-order valence-corrected chi connectivity index (χ0v) is 9.77. The summed E-state index contributed by atoms with van der Waals surface area (Å²) in [6, 6.07) is 13.8. The van der Waals surface area contributed by atoms with Gasteiger partial charge in [-0.3, -0.25) is 5.32 Å². The Labute approximate surface area is 100 Å². The summed E-state index contributed by atoms with van der Waals surface area (Å²) in [6.45, 7) is 2.41. The predicted octanol–water partition coefficient (Wildman–Crippen LogP) is 3.80. The molecule has 0 saturated heterocycles. The molecule has 2 aromatic carbocycles. The Morgan fingerprint density at radius 2 is 1.94 bits per heavy atom. The Hall–Kier alpha value is -2.03. The quantitative estimate of drug-likeness (QED) is 0.869. The minimum Gasteiger partial charge on any atom is -0.449 e. The summed E-state index contributed by atoms with van der Waals surface area (Å²) in [5.74, 6) is 0. The molecule has 88 valence electrons. The van der Waals surface area contributed by atoms with Gasteiger partial charge in [0.05, 0.1) is 6.61 Å². The normalized spacial score (nSPS) is 10.2. The molecule has 0 bridgehead atoms. The topological polar surface area (TPSA) is 38.3 Å². The number of hydrogen-bond acceptors (Lipinski definition) is 2. The average Bonchev–Trinajstić information content (AvgIpc) is 2.36. The largest absolute Gasteiger partial charge is 0.449 e. The number of rotatable bonds is 3. The number of fused-ring (bicyclic) bond motifs is 1. The summed E-state index contributed by atoms with van der Waals surface area (Å²) in [4.78, 5) is 11.4. The zero-order chi connectivity index (χ0) is 12.1. The van der Waals surface area contributed by atoms with E-state index in [1.807, 2.05) is 49.4 Å². The Kier molecular flexibility index (Phi) is 3.60. The van der Waals surface area contributed by atoms with Gasteiger partial charge in [0.25, 0.3) is 0 Å². The van der Waals surface area contributed by atoms with Crippen LogP contribution < -0.4 is 5.32 Å². The third-order valence-electron chi connectivity index (χ3n) is 2.43. The van der Waals surface area contributed by atoms with Gasteiger partial charge in [0.15, 0.2) is 0 Å². The van der Waals surface area contributed by atoms with Crippen LogP contribution in [0, 0.1) is 0 Å². The number of carbonyl (C=O) groups excluding carboxylic acids is 1. The molecular weight excluding hydrogens is 214 g/mol. The molecule has 0 fully saturated rings. The zero-order valence-electron chi connectivity index (χ0n) is 9.77. The number of ether oxygens (including phenoxy) is 1. The minimum absolute atomic E-state index is 0.401. The van der Waals surface area contributed by atoms with E-state index in [9.17, 15) is 4.79 Å². The van der Waals surface area contributed by atoms with E-state index in [0.29, 0.717) is 6.61 Å². The molecule has 0 saturated carbocycles. The van der Waals surface area contributed by atoms with Crippen molar-refractivity contribution >= 4 is 22.6 Å². The number of hydrogen-bond donors (Lipinski definition) is 1. The van der Waals surface area contributed by atoms with E-state index in [1.54, 1.807) is 0 Å². The van der Waals surface area contributed by atoms with Gasteiger partial charge in [-0.15, -0.1) is 0 Å². The molecule has 0 radical (unpaired) electrons. The van der Waals surface area contributed by atoms with Crippen molar-refractivity contribution in [2.75, 3.05) is 11.9 Å². The highest BCUT2D eigenvalue weighted by molar-refractivity contribution is 5.91. The van der Waals surface area contributed by atoms with E-state index in [-0.39, 0.29) is 0 Å². The van der Waals surface area contributed by atoms with Crippen LogP contribution in [0.15, 0.2) is 42.5 Å². The molecule has 0 aromatic heterocycles. The van der Waals surface area contributed by atoms with Gasteiger partial charge in [-0.1, -0.05) is 37.3 Å². The Balaban J connectivity index is 2.11. The first-order valence-electron chi connectivity index (χ1n) is 5.72. The lowest BCUT2D eigenvalue weighted by atomic mass is 10.1. The van der Waals surface area contributed by atoms with Crippen LogP contribution in [0.4, 0.5) is 10.5 Å². The number of carbonyl (C=O) groups is 1. The van der Waals surface area contributed by atoms with Crippen molar-refractivity contribution in [3.63, 3.8) is 0 Å². The van der Waals surface area contributed by atoms with Crippen molar-refractivity contribution in [3.05, 3.63) is 42.5 Å². The summed E-state index contributed by atoms with van der Waals surface area (Å²) in [5.41, 5.74) is 0.754. The van der Waals surface area contributed by atoms with Gasteiger partial charge < -0.3 is 4.74 Å². The van der Waals surface area contributed by atoms with E-state index < -0.39 is 6.09 Å². The van der Waals surface area contributed by atoms with E-state index in [0.717, 1.165) is 22.9 Å². The van der Waals surface area contributed by atoms with Crippen molar-refractivity contribution < 1.29 is 9.53 Å². The summed E-state index contributed by atoms with van der Waals surface area (Å²) in [7, 11) is 0. The van der Waals surface area contributed by atoms with Gasteiger partial charge >= 0.3 is 6.09 Å². The van der Waals surface area contributed by atoms with Crippen LogP contribution >= 0.6 is 0 Å². The molecule has 0 aliphatic rings. The summed E-state index contributed by atoms with van der Waals surface area (Å²) >= 11 is 0. The molecule has 0 spiro atoms. The van der Waals surface area contributed by atoms with E-state index >= 15 is 0 Å². The molecule has 17 heavy (non-hydrogen) atoms. The molecule has 1 amide bonds. The molecule has 1 N–H and O–H groups in total. The maximum atomic E-state index is 11.4. The maximum absolute atomic E-state index is 11.4. The molecule has 0 heterocycles. The second-order valence-electron chi connectivity index (χ2n) is 3.82. The molecule has 0 atom stereocenters. The lowest BCUT2D eigenvalue weighted by Crippen LogP contribution is -2.13. The fourth-order valence-electron chi connectivity index (χ4n) is 1.62. The average molecular weight is 229 g/mol. The number of nitrogens with one attached hydrogen (secondary N) is 1. The van der Waals surface area contributed by atoms with Crippen molar-refractivity contribution in [1.29, 1.82) is 0 Å². The molecular formula is C14H15NO2. The molecule has 0 aliphatic carbocycles. The monoisotopic (exact) mass is 229 g/mol. The molecule has 3 heteroatoms. The van der Waals surface area contributed by atoms with Crippen LogP contribution in [-0.4, -0.2) is 12.7 Å². The van der Waals surface area contributed by atoms with Crippen molar-refractivity contribution in [2.24, 2.45) is 0 Å². The summed E-state index contributed by atoms with van der Waals surface area (Å²) < 4.78 is 4.96. The van der Waals surface area contributed by atoms with Crippen LogP contribution in [0.5, 0.6) is 0 Å². The van der Waals surface area contributed by atoms with Gasteiger partial charge in [-0.2, -0.15) is 0 Å². The number of amides is 1. The summed E-state index contributed by atoms with van der Waals surface area (Å²) in [5, 5.41) is 4.96. The highest BCUT2D eigenvalue weighted by Gasteiger charge is 2.02. The van der Waals surface area contributed by atoms with Crippen LogP contribution in [0.25, 0.3) is 10.8 Å². The molecule has 3 nitrogen and oxygen atoms in total. The maximum Gasteiger partial charge on any atom is 0.411 e. The Bertz CT molecular complexity index is 522. The predicted molar refractivity (Wildman–Crippen MR) is 69.2 cm³/mol. The Morgan fingerprint density at radius 1 is 1.18 bits per heavy atom. The van der Waals surface area contributed by atoms with E-state index in [1.165, 1.54) is 0 Å². The number of benzene rings is 2. The van der Waals surface area contributed by atoms with Crippen molar-refractivity contribution in [1.82, 2.24) is 0 Å². The first-order valence-corrected chi connectivity index (χ1v) is 5.72. The van der Waals surface area contributed by atoms with Crippen molar-refractivity contribution in [3.8, 4) is 0 Å². The third-order valence-corrected chi connectivity index (χ3v) is 2.43. The third kappa shape index (κ3) is 2.97. The van der Waals surface area contributed by atoms with Crippen LogP contribution in [-0.2, 0) is 4.74 Å². The molecule has 0 aliphatic heterocycles. The lowest BCUT2D eigenvalue weighted by Gasteiger charge is -2.06. The van der Waals surface area contributed by atoms with Crippen LogP contribution in [0.1, 0.15) is 13.3 Å². The lowest BCUT2D eigenvalue weighted by molar-refractivity contribution is 0.161. The van der Waals surface area contributed by atoms with E-state index in [2.05, 4.69) is 5.32 Å². The standard InChI is InChI=1S/C14H15NO2/c1-2-9-17-14(16)15-13-8-7-11-5-3-4-6-12(11)10-13/h3-8,10H,2,9H2,1H3,(H,15,16). The van der Waals surface area contributed by atoms with Crippen molar-refractivity contribution in [2.45, 2.75) is 13.3 Å². The number of anilines is 1. The van der Waals surface area contributed by atoms with Gasteiger partial charge in [-0.05, 0) is 29.3 Å². The van der Waals surface area contributed by atoms with Gasteiger partial charge in [0.1, 0.15) is 0 Å².